The highest BCUT2D eigenvalue weighted by atomic mass is 35.5. The van der Waals surface area contributed by atoms with Crippen LogP contribution in [0.4, 0.5) is 0 Å². The summed E-state index contributed by atoms with van der Waals surface area (Å²) >= 11 is 7.58. The molecule has 0 unspecified atom stereocenters. The van der Waals surface area contributed by atoms with Gasteiger partial charge in [-0.05, 0) is 25.3 Å². The van der Waals surface area contributed by atoms with Crippen LogP contribution in [-0.2, 0) is 12.3 Å². The molecule has 0 saturated heterocycles. The highest BCUT2D eigenvalue weighted by Crippen LogP contribution is 2.29. The van der Waals surface area contributed by atoms with Gasteiger partial charge in [0.05, 0.1) is 11.6 Å². The van der Waals surface area contributed by atoms with Crippen LogP contribution in [0.25, 0.3) is 10.6 Å². The van der Waals surface area contributed by atoms with Gasteiger partial charge in [0.15, 0.2) is 0 Å². The normalized spacial score (nSPS) is 10.3. The van der Waals surface area contributed by atoms with Crippen LogP contribution in [0.3, 0.4) is 0 Å². The molecule has 0 amide bonds. The van der Waals surface area contributed by atoms with Crippen LogP contribution in [0.5, 0.6) is 0 Å². The Morgan fingerprint density at radius 3 is 2.42 bits per heavy atom. The molecule has 0 aliphatic rings. The number of unbranched alkanes of at least 4 members (excludes halogenated alkanes) is 1. The Labute approximate surface area is 130 Å². The van der Waals surface area contributed by atoms with E-state index in [1.54, 1.807) is 11.3 Å². The molecule has 0 bridgehead atoms. The second-order valence-corrected chi connectivity index (χ2v) is 5.81. The predicted octanol–water partition coefficient (Wildman–Crippen LogP) is 5.62. The summed E-state index contributed by atoms with van der Waals surface area (Å²) < 4.78 is 0. The first-order valence-electron chi connectivity index (χ1n) is 6.36. The number of benzene rings is 1. The molecule has 104 valence electrons. The standard InChI is InChI=1S/C15H18ClNS.ClH/c1-3-4-5-12-6-8-13(9-7-12)15-17-11(2)14(10-16)18-15;/h6-9H,3-5,10H2,1-2H3;1H. The van der Waals surface area contributed by atoms with Crippen molar-refractivity contribution in [2.45, 2.75) is 39.0 Å². The van der Waals surface area contributed by atoms with Crippen LogP contribution in [0.1, 0.15) is 35.9 Å². The lowest BCUT2D eigenvalue weighted by atomic mass is 10.1. The Kier molecular flexibility index (Phi) is 6.84. The number of thiazole rings is 1. The van der Waals surface area contributed by atoms with Gasteiger partial charge in [-0.3, -0.25) is 0 Å². The summed E-state index contributed by atoms with van der Waals surface area (Å²) in [7, 11) is 0. The largest absolute Gasteiger partial charge is 0.241 e. The zero-order valence-electron chi connectivity index (χ0n) is 11.3. The van der Waals surface area contributed by atoms with Gasteiger partial charge < -0.3 is 0 Å². The molecule has 0 N–H and O–H groups in total. The van der Waals surface area contributed by atoms with Gasteiger partial charge in [-0.15, -0.1) is 35.3 Å². The van der Waals surface area contributed by atoms with Gasteiger partial charge in [-0.25, -0.2) is 4.98 Å². The molecule has 2 aromatic rings. The first kappa shape index (κ1) is 16.5. The highest BCUT2D eigenvalue weighted by molar-refractivity contribution is 7.15. The molecule has 1 aromatic heterocycles. The van der Waals surface area contributed by atoms with Crippen molar-refractivity contribution in [2.75, 3.05) is 0 Å². The molecular weight excluding hydrogens is 297 g/mol. The maximum Gasteiger partial charge on any atom is 0.123 e. The van der Waals surface area contributed by atoms with E-state index in [1.165, 1.54) is 35.3 Å². The van der Waals surface area contributed by atoms with Crippen molar-refractivity contribution in [3.63, 3.8) is 0 Å². The number of hydrogen-bond acceptors (Lipinski definition) is 2. The van der Waals surface area contributed by atoms with Crippen molar-refractivity contribution in [2.24, 2.45) is 0 Å². The van der Waals surface area contributed by atoms with Crippen molar-refractivity contribution in [3.05, 3.63) is 40.4 Å². The van der Waals surface area contributed by atoms with Crippen LogP contribution in [0, 0.1) is 6.92 Å². The minimum absolute atomic E-state index is 0. The summed E-state index contributed by atoms with van der Waals surface area (Å²) in [5.74, 6) is 0.554. The summed E-state index contributed by atoms with van der Waals surface area (Å²) in [5.41, 5.74) is 3.66. The van der Waals surface area contributed by atoms with Gasteiger partial charge >= 0.3 is 0 Å². The van der Waals surface area contributed by atoms with E-state index in [0.717, 1.165) is 10.7 Å². The maximum atomic E-state index is 5.89. The second-order valence-electron chi connectivity index (χ2n) is 4.46. The molecule has 0 aliphatic carbocycles. The van der Waals surface area contributed by atoms with Crippen LogP contribution in [-0.4, -0.2) is 4.98 Å². The van der Waals surface area contributed by atoms with E-state index in [1.807, 2.05) is 6.92 Å². The lowest BCUT2D eigenvalue weighted by Gasteiger charge is -2.01. The van der Waals surface area contributed by atoms with E-state index >= 15 is 0 Å². The Balaban J connectivity index is 0.00000180. The van der Waals surface area contributed by atoms with Gasteiger partial charge in [0.25, 0.3) is 0 Å². The van der Waals surface area contributed by atoms with E-state index in [-0.39, 0.29) is 12.4 Å². The third-order valence-corrected chi connectivity index (χ3v) is 4.67. The number of aryl methyl sites for hydroxylation is 2. The van der Waals surface area contributed by atoms with E-state index < -0.39 is 0 Å². The van der Waals surface area contributed by atoms with Gasteiger partial charge in [0.1, 0.15) is 5.01 Å². The molecule has 0 atom stereocenters. The number of halogens is 2. The number of hydrogen-bond donors (Lipinski definition) is 0. The maximum absolute atomic E-state index is 5.89. The molecule has 0 spiro atoms. The zero-order valence-corrected chi connectivity index (χ0v) is 13.7. The Morgan fingerprint density at radius 2 is 1.89 bits per heavy atom. The molecule has 2 rings (SSSR count). The fraction of sp³-hybridized carbons (Fsp3) is 0.400. The van der Waals surface area contributed by atoms with Crippen molar-refractivity contribution in [1.29, 1.82) is 0 Å². The number of nitrogens with zero attached hydrogens (tertiary/aromatic N) is 1. The molecule has 1 heterocycles. The lowest BCUT2D eigenvalue weighted by Crippen LogP contribution is -1.84. The summed E-state index contributed by atoms with van der Waals surface area (Å²) in [5, 5.41) is 1.07. The summed E-state index contributed by atoms with van der Waals surface area (Å²) in [6, 6.07) is 8.76. The average molecular weight is 316 g/mol. The first-order chi connectivity index (χ1) is 8.74. The average Bonchev–Trinajstić information content (AvgIpc) is 2.78. The Bertz CT molecular complexity index is 505. The molecule has 0 radical (unpaired) electrons. The second kappa shape index (κ2) is 7.88. The third-order valence-electron chi connectivity index (χ3n) is 3.03. The summed E-state index contributed by atoms with van der Waals surface area (Å²) in [6.07, 6.45) is 3.67. The zero-order chi connectivity index (χ0) is 13.0. The van der Waals surface area contributed by atoms with Gasteiger partial charge in [0.2, 0.25) is 0 Å². The topological polar surface area (TPSA) is 12.9 Å². The fourth-order valence-corrected chi connectivity index (χ4v) is 3.15. The Morgan fingerprint density at radius 1 is 1.21 bits per heavy atom. The summed E-state index contributed by atoms with van der Waals surface area (Å²) in [4.78, 5) is 5.75. The minimum atomic E-state index is 0. The minimum Gasteiger partial charge on any atom is -0.241 e. The smallest absolute Gasteiger partial charge is 0.123 e. The quantitative estimate of drug-likeness (QED) is 0.652. The number of aromatic nitrogens is 1. The van der Waals surface area contributed by atoms with E-state index in [9.17, 15) is 0 Å². The molecule has 0 saturated carbocycles. The van der Waals surface area contributed by atoms with E-state index in [0.29, 0.717) is 5.88 Å². The summed E-state index contributed by atoms with van der Waals surface area (Å²) in [6.45, 7) is 4.24. The van der Waals surface area contributed by atoms with Gasteiger partial charge in [0, 0.05) is 10.4 Å². The van der Waals surface area contributed by atoms with Crippen molar-refractivity contribution < 1.29 is 0 Å². The molecular formula is C15H19Cl2NS. The Hall–Kier alpha value is -0.570. The molecule has 0 aliphatic heterocycles. The van der Waals surface area contributed by atoms with Gasteiger partial charge in [-0.2, -0.15) is 0 Å². The van der Waals surface area contributed by atoms with Gasteiger partial charge in [-0.1, -0.05) is 37.6 Å². The van der Waals surface area contributed by atoms with Crippen LogP contribution >= 0.6 is 35.3 Å². The number of alkyl halides is 1. The van der Waals surface area contributed by atoms with E-state index in [2.05, 4.69) is 36.2 Å². The van der Waals surface area contributed by atoms with E-state index in [4.69, 9.17) is 11.6 Å². The van der Waals surface area contributed by atoms with Crippen molar-refractivity contribution in [1.82, 2.24) is 4.98 Å². The molecule has 4 heteroatoms. The molecule has 1 nitrogen and oxygen atoms in total. The lowest BCUT2D eigenvalue weighted by molar-refractivity contribution is 0.795. The SMILES string of the molecule is CCCCc1ccc(-c2nc(C)c(CCl)s2)cc1.Cl. The molecule has 1 aromatic carbocycles. The first-order valence-corrected chi connectivity index (χ1v) is 7.71. The number of rotatable bonds is 5. The molecule has 0 fully saturated rings. The third kappa shape index (κ3) is 4.20. The highest BCUT2D eigenvalue weighted by Gasteiger charge is 2.08. The van der Waals surface area contributed by atoms with Crippen molar-refractivity contribution in [3.8, 4) is 10.6 Å². The van der Waals surface area contributed by atoms with Crippen molar-refractivity contribution >= 4 is 35.3 Å². The van der Waals surface area contributed by atoms with Crippen LogP contribution in [0.2, 0.25) is 0 Å². The molecule has 19 heavy (non-hydrogen) atoms. The van der Waals surface area contributed by atoms with Crippen LogP contribution < -0.4 is 0 Å². The van der Waals surface area contributed by atoms with Crippen LogP contribution in [0.15, 0.2) is 24.3 Å². The predicted molar refractivity (Wildman–Crippen MR) is 87.7 cm³/mol. The fourth-order valence-electron chi connectivity index (χ4n) is 1.87. The monoisotopic (exact) mass is 315 g/mol.